The Morgan fingerprint density at radius 3 is 1.58 bits per heavy atom. The minimum absolute atomic E-state index is 0.195. The molecule has 0 spiro atoms. The van der Waals surface area contributed by atoms with Gasteiger partial charge in [0.1, 0.15) is 24.4 Å². The van der Waals surface area contributed by atoms with E-state index in [4.69, 9.17) is 9.47 Å². The summed E-state index contributed by atoms with van der Waals surface area (Å²) in [6.07, 6.45) is 34.8. The minimum atomic E-state index is -1.57. The summed E-state index contributed by atoms with van der Waals surface area (Å²) >= 11 is 0. The summed E-state index contributed by atoms with van der Waals surface area (Å²) in [5.41, 5.74) is 0. The van der Waals surface area contributed by atoms with Gasteiger partial charge >= 0.3 is 0 Å². The minimum Gasteiger partial charge on any atom is -0.394 e. The molecular formula is C44H81NO8. The van der Waals surface area contributed by atoms with Crippen LogP contribution in [-0.4, -0.2) is 87.5 Å². The SMILES string of the molecule is CCCCCCCCCCCC/C=C/CC/C=C/CC/C=C/C(O)C(COC1OC(CO)C(O)C(O)C1O)NC(=O)CCCCCCCCCCCC. The molecule has 0 aromatic rings. The van der Waals surface area contributed by atoms with Crippen molar-refractivity contribution >= 4 is 5.91 Å². The predicted octanol–water partition coefficient (Wildman–Crippen LogP) is 8.50. The van der Waals surface area contributed by atoms with Gasteiger partial charge in [0.2, 0.25) is 5.91 Å². The first-order valence-electron chi connectivity index (χ1n) is 21.7. The fraction of sp³-hybridized carbons (Fsp3) is 0.841. The monoisotopic (exact) mass is 752 g/mol. The summed E-state index contributed by atoms with van der Waals surface area (Å²) in [5, 5.41) is 54.0. The molecule has 0 aromatic heterocycles. The topological polar surface area (TPSA) is 149 Å². The van der Waals surface area contributed by atoms with E-state index in [0.717, 1.165) is 44.9 Å². The molecule has 0 aliphatic carbocycles. The van der Waals surface area contributed by atoms with Crippen LogP contribution >= 0.6 is 0 Å². The third kappa shape index (κ3) is 26.0. The van der Waals surface area contributed by atoms with Crippen molar-refractivity contribution in [1.82, 2.24) is 5.32 Å². The van der Waals surface area contributed by atoms with E-state index in [0.29, 0.717) is 6.42 Å². The number of hydrogen-bond acceptors (Lipinski definition) is 8. The molecule has 1 fully saturated rings. The van der Waals surface area contributed by atoms with Gasteiger partial charge in [0.05, 0.1) is 25.4 Å². The molecule has 9 heteroatoms. The summed E-state index contributed by atoms with van der Waals surface area (Å²) in [7, 11) is 0. The van der Waals surface area contributed by atoms with Crippen molar-refractivity contribution in [3.05, 3.63) is 36.5 Å². The molecular weight excluding hydrogens is 670 g/mol. The van der Waals surface area contributed by atoms with Crippen LogP contribution in [0.4, 0.5) is 0 Å². The third-order valence-electron chi connectivity index (χ3n) is 10.2. The number of unbranched alkanes of at least 4 members (excludes halogenated alkanes) is 21. The summed E-state index contributed by atoms with van der Waals surface area (Å²) in [6, 6.07) is -0.822. The number of amides is 1. The van der Waals surface area contributed by atoms with Crippen LogP contribution in [0, 0.1) is 0 Å². The van der Waals surface area contributed by atoms with Gasteiger partial charge in [-0.1, -0.05) is 166 Å². The molecule has 310 valence electrons. The molecule has 1 aliphatic heterocycles. The van der Waals surface area contributed by atoms with Gasteiger partial charge in [-0.15, -0.1) is 0 Å². The number of carbonyl (C=O) groups excluding carboxylic acids is 1. The van der Waals surface area contributed by atoms with E-state index in [-0.39, 0.29) is 12.5 Å². The molecule has 0 saturated carbocycles. The van der Waals surface area contributed by atoms with E-state index in [2.05, 4.69) is 43.5 Å². The average Bonchev–Trinajstić information content (AvgIpc) is 3.16. The Balaban J connectivity index is 2.40. The van der Waals surface area contributed by atoms with Gasteiger partial charge in [0, 0.05) is 6.42 Å². The molecule has 1 rings (SSSR count). The van der Waals surface area contributed by atoms with Crippen LogP contribution in [-0.2, 0) is 14.3 Å². The van der Waals surface area contributed by atoms with Gasteiger partial charge < -0.3 is 40.3 Å². The van der Waals surface area contributed by atoms with Crippen molar-refractivity contribution in [1.29, 1.82) is 0 Å². The van der Waals surface area contributed by atoms with Crippen molar-refractivity contribution in [3.8, 4) is 0 Å². The normalized spacial score (nSPS) is 22.0. The molecule has 0 aromatic carbocycles. The Morgan fingerprint density at radius 1 is 0.623 bits per heavy atom. The van der Waals surface area contributed by atoms with E-state index in [9.17, 15) is 30.3 Å². The highest BCUT2D eigenvalue weighted by Crippen LogP contribution is 2.22. The van der Waals surface area contributed by atoms with Gasteiger partial charge in [-0.2, -0.15) is 0 Å². The standard InChI is InChI=1S/C44H81NO8/c1-3-5-7-9-11-13-15-16-17-18-19-20-21-22-23-24-25-27-29-31-33-38(47)37(36-52-44-43(51)42(50)41(49)39(35-46)53-44)45-40(48)34-32-30-28-26-14-12-10-8-6-4-2/h20-21,24-25,31,33,37-39,41-44,46-47,49-51H,3-19,22-23,26-30,32,34-36H2,1-2H3,(H,45,48)/b21-20+,25-24+,33-31+. The zero-order chi connectivity index (χ0) is 38.8. The van der Waals surface area contributed by atoms with E-state index in [1.165, 1.54) is 116 Å². The molecule has 7 unspecified atom stereocenters. The van der Waals surface area contributed by atoms with Crippen LogP contribution in [0.15, 0.2) is 36.5 Å². The van der Waals surface area contributed by atoms with Crippen molar-refractivity contribution in [2.75, 3.05) is 13.2 Å². The Bertz CT molecular complexity index is 925. The molecule has 1 saturated heterocycles. The second kappa shape index (κ2) is 34.9. The fourth-order valence-electron chi connectivity index (χ4n) is 6.66. The lowest BCUT2D eigenvalue weighted by Gasteiger charge is -2.40. The Morgan fingerprint density at radius 2 is 1.08 bits per heavy atom. The first-order valence-corrected chi connectivity index (χ1v) is 21.7. The molecule has 53 heavy (non-hydrogen) atoms. The van der Waals surface area contributed by atoms with Crippen LogP contribution in [0.5, 0.6) is 0 Å². The third-order valence-corrected chi connectivity index (χ3v) is 10.2. The second-order valence-electron chi connectivity index (χ2n) is 15.1. The van der Waals surface area contributed by atoms with Gasteiger partial charge in [-0.3, -0.25) is 4.79 Å². The zero-order valence-electron chi connectivity index (χ0n) is 33.8. The first kappa shape index (κ1) is 49.4. The number of rotatable bonds is 35. The number of aliphatic hydroxyl groups is 5. The Labute approximate surface area is 323 Å². The number of hydrogen-bond donors (Lipinski definition) is 6. The molecule has 0 radical (unpaired) electrons. The smallest absolute Gasteiger partial charge is 0.220 e. The molecule has 1 amide bonds. The number of ether oxygens (including phenoxy) is 2. The quantitative estimate of drug-likeness (QED) is 0.0279. The van der Waals surface area contributed by atoms with E-state index < -0.39 is 49.5 Å². The van der Waals surface area contributed by atoms with Crippen molar-refractivity contribution in [2.45, 2.75) is 224 Å². The van der Waals surface area contributed by atoms with E-state index in [1.807, 2.05) is 6.08 Å². The molecule has 1 aliphatic rings. The lowest BCUT2D eigenvalue weighted by molar-refractivity contribution is -0.302. The van der Waals surface area contributed by atoms with Gasteiger partial charge in [0.15, 0.2) is 6.29 Å². The zero-order valence-corrected chi connectivity index (χ0v) is 33.8. The molecule has 6 N–H and O–H groups in total. The molecule has 7 atom stereocenters. The van der Waals surface area contributed by atoms with Crippen molar-refractivity contribution in [2.24, 2.45) is 0 Å². The van der Waals surface area contributed by atoms with Gasteiger partial charge in [0.25, 0.3) is 0 Å². The highest BCUT2D eigenvalue weighted by atomic mass is 16.7. The van der Waals surface area contributed by atoms with Gasteiger partial charge in [-0.25, -0.2) is 0 Å². The lowest BCUT2D eigenvalue weighted by atomic mass is 9.99. The Kier molecular flexibility index (Phi) is 32.5. The van der Waals surface area contributed by atoms with Gasteiger partial charge in [-0.05, 0) is 44.9 Å². The number of nitrogens with one attached hydrogen (secondary N) is 1. The van der Waals surface area contributed by atoms with Crippen LogP contribution in [0.2, 0.25) is 0 Å². The van der Waals surface area contributed by atoms with E-state index in [1.54, 1.807) is 6.08 Å². The summed E-state index contributed by atoms with van der Waals surface area (Å²) in [5.74, 6) is -0.195. The van der Waals surface area contributed by atoms with Crippen LogP contribution in [0.3, 0.4) is 0 Å². The lowest BCUT2D eigenvalue weighted by Crippen LogP contribution is -2.60. The second-order valence-corrected chi connectivity index (χ2v) is 15.1. The van der Waals surface area contributed by atoms with Crippen LogP contribution in [0.25, 0.3) is 0 Å². The highest BCUT2D eigenvalue weighted by molar-refractivity contribution is 5.76. The largest absolute Gasteiger partial charge is 0.394 e. The fourth-order valence-corrected chi connectivity index (χ4v) is 6.66. The maximum Gasteiger partial charge on any atom is 0.220 e. The maximum atomic E-state index is 12.9. The maximum absolute atomic E-state index is 12.9. The number of aliphatic hydroxyl groups excluding tert-OH is 5. The Hall–Kier alpha value is -1.59. The summed E-state index contributed by atoms with van der Waals surface area (Å²) in [4.78, 5) is 12.9. The summed E-state index contributed by atoms with van der Waals surface area (Å²) in [6.45, 7) is 3.72. The highest BCUT2D eigenvalue weighted by Gasteiger charge is 2.44. The summed E-state index contributed by atoms with van der Waals surface area (Å²) < 4.78 is 11.2. The van der Waals surface area contributed by atoms with Crippen molar-refractivity contribution in [3.63, 3.8) is 0 Å². The van der Waals surface area contributed by atoms with E-state index >= 15 is 0 Å². The number of carbonyl (C=O) groups is 1. The molecule has 9 nitrogen and oxygen atoms in total. The van der Waals surface area contributed by atoms with Crippen LogP contribution < -0.4 is 5.32 Å². The number of allylic oxidation sites excluding steroid dienone is 5. The predicted molar refractivity (Wildman–Crippen MR) is 216 cm³/mol. The average molecular weight is 752 g/mol. The van der Waals surface area contributed by atoms with Crippen molar-refractivity contribution < 1.29 is 39.8 Å². The first-order chi connectivity index (χ1) is 25.8. The van der Waals surface area contributed by atoms with Crippen LogP contribution in [0.1, 0.15) is 181 Å². The molecule has 0 bridgehead atoms. The molecule has 1 heterocycles.